The molecule has 0 amide bonds. The number of methoxy groups -OCH3 is 1. The van der Waals surface area contributed by atoms with Gasteiger partial charge in [-0.05, 0) is 86.0 Å². The van der Waals surface area contributed by atoms with E-state index >= 15 is 0 Å². The van der Waals surface area contributed by atoms with E-state index in [0.717, 1.165) is 11.8 Å². The molecule has 4 fully saturated rings. The Morgan fingerprint density at radius 2 is 1.61 bits per heavy atom. The van der Waals surface area contributed by atoms with Crippen LogP contribution in [0.1, 0.15) is 46.0 Å². The third-order valence-electron chi connectivity index (χ3n) is 7.16. The number of hydrogen-bond acceptors (Lipinski definition) is 4. The van der Waals surface area contributed by atoms with Gasteiger partial charge in [0.05, 0.1) is 17.1 Å². The molecule has 0 aromatic heterocycles. The molecule has 4 saturated carbocycles. The Kier molecular flexibility index (Phi) is 5.49. The fourth-order valence-corrected chi connectivity index (χ4v) is 7.02. The molecule has 4 aliphatic carbocycles. The summed E-state index contributed by atoms with van der Waals surface area (Å²) in [6, 6.07) is 6.69. The molecule has 0 saturated heterocycles. The molecule has 4 aliphatic rings. The van der Waals surface area contributed by atoms with Gasteiger partial charge in [-0.15, -0.1) is 0 Å². The SMILES string of the molecule is COC1(CNS(=O)(=O)c2ccc(OCC(C)C)cc2)C2CC3CC(C2)CC1C3. The molecule has 5 nitrogen and oxygen atoms in total. The lowest BCUT2D eigenvalue weighted by Crippen LogP contribution is -2.63. The molecule has 1 aromatic carbocycles. The maximum absolute atomic E-state index is 12.9. The summed E-state index contributed by atoms with van der Waals surface area (Å²) in [5, 5.41) is 0. The van der Waals surface area contributed by atoms with Crippen LogP contribution in [0.15, 0.2) is 29.2 Å². The summed E-state index contributed by atoms with van der Waals surface area (Å²) >= 11 is 0. The van der Waals surface area contributed by atoms with E-state index in [0.29, 0.717) is 36.7 Å². The predicted octanol–water partition coefficient (Wildman–Crippen LogP) is 3.84. The highest BCUT2D eigenvalue weighted by molar-refractivity contribution is 7.89. The Morgan fingerprint density at radius 3 is 2.11 bits per heavy atom. The highest BCUT2D eigenvalue weighted by Gasteiger charge is 2.57. The lowest BCUT2D eigenvalue weighted by atomic mass is 9.50. The monoisotopic (exact) mass is 407 g/mol. The minimum absolute atomic E-state index is 0.277. The van der Waals surface area contributed by atoms with Crippen LogP contribution in [0.4, 0.5) is 0 Å². The first-order chi connectivity index (χ1) is 13.3. The van der Waals surface area contributed by atoms with Gasteiger partial charge in [0.25, 0.3) is 0 Å². The minimum Gasteiger partial charge on any atom is -0.493 e. The van der Waals surface area contributed by atoms with Crippen LogP contribution in [0, 0.1) is 29.6 Å². The Balaban J connectivity index is 1.44. The number of benzene rings is 1. The van der Waals surface area contributed by atoms with E-state index in [-0.39, 0.29) is 10.5 Å². The van der Waals surface area contributed by atoms with Crippen LogP contribution in [0.2, 0.25) is 0 Å². The lowest BCUT2D eigenvalue weighted by molar-refractivity contribution is -0.185. The first-order valence-corrected chi connectivity index (χ1v) is 12.1. The number of sulfonamides is 1. The van der Waals surface area contributed by atoms with Crippen molar-refractivity contribution in [2.75, 3.05) is 20.3 Å². The van der Waals surface area contributed by atoms with Gasteiger partial charge in [-0.3, -0.25) is 0 Å². The van der Waals surface area contributed by atoms with Crippen molar-refractivity contribution in [1.82, 2.24) is 4.72 Å². The van der Waals surface area contributed by atoms with Gasteiger partial charge in [0.1, 0.15) is 5.75 Å². The molecule has 156 valence electrons. The van der Waals surface area contributed by atoms with Gasteiger partial charge in [-0.25, -0.2) is 13.1 Å². The van der Waals surface area contributed by atoms with Crippen molar-refractivity contribution in [3.63, 3.8) is 0 Å². The smallest absolute Gasteiger partial charge is 0.240 e. The minimum atomic E-state index is -3.57. The molecule has 1 aromatic rings. The van der Waals surface area contributed by atoms with Crippen LogP contribution < -0.4 is 9.46 Å². The second kappa shape index (κ2) is 7.62. The van der Waals surface area contributed by atoms with E-state index in [9.17, 15) is 8.42 Å². The van der Waals surface area contributed by atoms with E-state index in [1.54, 1.807) is 31.4 Å². The number of ether oxygens (including phenoxy) is 2. The zero-order chi connectivity index (χ0) is 19.9. The molecule has 6 heteroatoms. The number of rotatable bonds is 8. The maximum Gasteiger partial charge on any atom is 0.240 e. The van der Waals surface area contributed by atoms with Crippen molar-refractivity contribution in [3.8, 4) is 5.75 Å². The molecule has 0 spiro atoms. The van der Waals surface area contributed by atoms with Gasteiger partial charge in [-0.1, -0.05) is 13.8 Å². The molecule has 0 atom stereocenters. The van der Waals surface area contributed by atoms with Crippen LogP contribution >= 0.6 is 0 Å². The van der Waals surface area contributed by atoms with Crippen molar-refractivity contribution in [3.05, 3.63) is 24.3 Å². The third-order valence-corrected chi connectivity index (χ3v) is 8.57. The first-order valence-electron chi connectivity index (χ1n) is 10.6. The zero-order valence-corrected chi connectivity index (χ0v) is 18.0. The van der Waals surface area contributed by atoms with E-state index in [1.165, 1.54) is 32.1 Å². The molecular formula is C22H33NO4S. The summed E-state index contributed by atoms with van der Waals surface area (Å²) in [7, 11) is -1.81. The quantitative estimate of drug-likeness (QED) is 0.711. The summed E-state index contributed by atoms with van der Waals surface area (Å²) in [6.45, 7) is 5.15. The summed E-state index contributed by atoms with van der Waals surface area (Å²) in [5.41, 5.74) is -0.346. The first kappa shape index (κ1) is 20.2. The highest BCUT2D eigenvalue weighted by atomic mass is 32.2. The summed E-state index contributed by atoms with van der Waals surface area (Å²) < 4.78 is 40.4. The van der Waals surface area contributed by atoms with Crippen LogP contribution in [-0.4, -0.2) is 34.3 Å². The second-order valence-corrected chi connectivity index (χ2v) is 11.2. The summed E-state index contributed by atoms with van der Waals surface area (Å²) in [5.74, 6) is 3.71. The van der Waals surface area contributed by atoms with Gasteiger partial charge in [0, 0.05) is 13.7 Å². The van der Waals surface area contributed by atoms with Crippen LogP contribution in [0.25, 0.3) is 0 Å². The Labute approximate surface area is 169 Å². The van der Waals surface area contributed by atoms with Gasteiger partial charge in [0.15, 0.2) is 0 Å². The van der Waals surface area contributed by atoms with Gasteiger partial charge >= 0.3 is 0 Å². The Hall–Kier alpha value is -1.11. The van der Waals surface area contributed by atoms with Gasteiger partial charge in [0.2, 0.25) is 10.0 Å². The van der Waals surface area contributed by atoms with E-state index in [4.69, 9.17) is 9.47 Å². The van der Waals surface area contributed by atoms with Gasteiger partial charge in [-0.2, -0.15) is 0 Å². The molecule has 0 heterocycles. The zero-order valence-electron chi connectivity index (χ0n) is 17.2. The predicted molar refractivity (Wildman–Crippen MR) is 109 cm³/mol. The van der Waals surface area contributed by atoms with E-state index < -0.39 is 10.0 Å². The molecular weight excluding hydrogens is 374 g/mol. The van der Waals surface area contributed by atoms with E-state index in [2.05, 4.69) is 18.6 Å². The van der Waals surface area contributed by atoms with Crippen molar-refractivity contribution < 1.29 is 17.9 Å². The summed E-state index contributed by atoms with van der Waals surface area (Å²) in [4.78, 5) is 0.277. The average molecular weight is 408 g/mol. The fraction of sp³-hybridized carbons (Fsp3) is 0.727. The van der Waals surface area contributed by atoms with Crippen molar-refractivity contribution in [1.29, 1.82) is 0 Å². The Bertz CT molecular complexity index is 759. The molecule has 1 N–H and O–H groups in total. The fourth-order valence-electron chi connectivity index (χ4n) is 5.95. The average Bonchev–Trinajstić information content (AvgIpc) is 2.66. The third kappa shape index (κ3) is 3.71. The summed E-state index contributed by atoms with van der Waals surface area (Å²) in [6.07, 6.45) is 6.10. The van der Waals surface area contributed by atoms with Crippen LogP contribution in [-0.2, 0) is 14.8 Å². The topological polar surface area (TPSA) is 64.6 Å². The maximum atomic E-state index is 12.9. The van der Waals surface area contributed by atoms with E-state index in [1.807, 2.05) is 0 Å². The van der Waals surface area contributed by atoms with Crippen molar-refractivity contribution in [2.24, 2.45) is 29.6 Å². The molecule has 0 unspecified atom stereocenters. The van der Waals surface area contributed by atoms with Crippen molar-refractivity contribution in [2.45, 2.75) is 56.4 Å². The van der Waals surface area contributed by atoms with Gasteiger partial charge < -0.3 is 9.47 Å². The lowest BCUT2D eigenvalue weighted by Gasteiger charge is -2.60. The van der Waals surface area contributed by atoms with Crippen molar-refractivity contribution >= 4 is 10.0 Å². The standard InChI is InChI=1S/C22H33NO4S/c1-15(2)13-27-20-4-6-21(7-5-20)28(24,25)23-14-22(26-3)18-9-16-8-17(11-18)12-19(22)10-16/h4-7,15-19,23H,8-14H2,1-3H3. The largest absolute Gasteiger partial charge is 0.493 e. The van der Waals surface area contributed by atoms with Crippen LogP contribution in [0.5, 0.6) is 5.75 Å². The Morgan fingerprint density at radius 1 is 1.04 bits per heavy atom. The molecule has 4 bridgehead atoms. The molecule has 5 rings (SSSR count). The number of hydrogen-bond donors (Lipinski definition) is 1. The van der Waals surface area contributed by atoms with Crippen LogP contribution in [0.3, 0.4) is 0 Å². The normalized spacial score (nSPS) is 34.1. The second-order valence-electron chi connectivity index (χ2n) is 9.46. The molecule has 0 radical (unpaired) electrons. The number of nitrogens with one attached hydrogen (secondary N) is 1. The molecule has 0 aliphatic heterocycles. The molecule has 28 heavy (non-hydrogen) atoms. The highest BCUT2D eigenvalue weighted by Crippen LogP contribution is 2.59.